The van der Waals surface area contributed by atoms with Crippen molar-refractivity contribution in [3.8, 4) is 0 Å². The highest BCUT2D eigenvalue weighted by atomic mass is 32.2. The van der Waals surface area contributed by atoms with Gasteiger partial charge >= 0.3 is 12.4 Å². The Balaban J connectivity index is 1.58. The average Bonchev–Trinajstić information content (AvgIpc) is 3.51. The molecule has 1 atom stereocenters. The Morgan fingerprint density at radius 1 is 0.840 bits per heavy atom. The summed E-state index contributed by atoms with van der Waals surface area (Å²) in [6, 6.07) is 10.5. The molecule has 0 radical (unpaired) electrons. The molecule has 1 aliphatic rings. The molecule has 5 rings (SSSR count). The maximum atomic E-state index is 14.5. The van der Waals surface area contributed by atoms with E-state index in [1.807, 2.05) is 0 Å². The summed E-state index contributed by atoms with van der Waals surface area (Å²) in [7, 11) is -4.64. The van der Waals surface area contributed by atoms with E-state index in [0.717, 1.165) is 47.6 Å². The molecule has 2 heterocycles. The first-order valence-electron chi connectivity index (χ1n) is 14.6. The van der Waals surface area contributed by atoms with Crippen LogP contribution in [0.3, 0.4) is 0 Å². The second-order valence-electron chi connectivity index (χ2n) is 11.5. The molecule has 0 N–H and O–H groups in total. The van der Waals surface area contributed by atoms with E-state index in [2.05, 4.69) is 4.74 Å². The van der Waals surface area contributed by atoms with E-state index in [9.17, 15) is 57.9 Å². The molecular weight excluding hydrogens is 707 g/mol. The Morgan fingerprint density at radius 2 is 1.40 bits per heavy atom. The Hall–Kier alpha value is -4.64. The molecule has 0 spiro atoms. The first kappa shape index (κ1) is 36.6. The molecular formula is C33H25F9N2O5S. The van der Waals surface area contributed by atoms with Gasteiger partial charge in [-0.15, -0.1) is 0 Å². The first-order chi connectivity index (χ1) is 23.3. The molecule has 0 bridgehead atoms. The van der Waals surface area contributed by atoms with Crippen molar-refractivity contribution in [3.05, 3.63) is 136 Å². The van der Waals surface area contributed by atoms with Crippen LogP contribution in [0.15, 0.2) is 96.2 Å². The van der Waals surface area contributed by atoms with Crippen molar-refractivity contribution in [3.63, 3.8) is 0 Å². The zero-order valence-corrected chi connectivity index (χ0v) is 26.3. The van der Waals surface area contributed by atoms with Crippen LogP contribution in [0.2, 0.25) is 0 Å². The molecule has 266 valence electrons. The van der Waals surface area contributed by atoms with Crippen LogP contribution >= 0.6 is 0 Å². The number of rotatable bonds is 9. The van der Waals surface area contributed by atoms with Crippen molar-refractivity contribution in [2.24, 2.45) is 0 Å². The Kier molecular flexibility index (Phi) is 9.70. The van der Waals surface area contributed by atoms with Gasteiger partial charge in [0, 0.05) is 36.3 Å². The fourth-order valence-electron chi connectivity index (χ4n) is 5.89. The van der Waals surface area contributed by atoms with E-state index in [1.165, 1.54) is 12.1 Å². The van der Waals surface area contributed by atoms with Gasteiger partial charge in [-0.25, -0.2) is 21.6 Å². The second kappa shape index (κ2) is 13.2. The number of carbonyl (C=O) groups excluding carboxylic acids is 1. The standard InChI is InChI=1S/C33H25F9N2O5S/c34-24-8-10-25(11-9-24)50(47,48)30(14-17-43(20-30)29(45)18-21-12-15-44(46)16-13-21)22-4-6-23(7-5-22)31(32(37,38)39,33(40,41)42)49-19-26-27(35)2-1-3-28(26)36/h1-13,15-16H,14,17-20H2/t30-/m0/s1. The number of likely N-dealkylation sites (tertiary alicyclic amines) is 1. The maximum Gasteiger partial charge on any atom is 0.430 e. The van der Waals surface area contributed by atoms with Crippen LogP contribution in [0.4, 0.5) is 39.5 Å². The largest absolute Gasteiger partial charge is 0.619 e. The highest BCUT2D eigenvalue weighted by Crippen LogP contribution is 2.54. The lowest BCUT2D eigenvalue weighted by atomic mass is 9.88. The third kappa shape index (κ3) is 6.51. The number of halogens is 9. The summed E-state index contributed by atoms with van der Waals surface area (Å²) in [6.45, 7) is -2.58. The molecule has 3 aromatic carbocycles. The van der Waals surface area contributed by atoms with Crippen LogP contribution in [-0.2, 0) is 42.7 Å². The number of carbonyl (C=O) groups is 1. The maximum absolute atomic E-state index is 14.5. The van der Waals surface area contributed by atoms with Gasteiger partial charge in [0.25, 0.3) is 5.60 Å². The monoisotopic (exact) mass is 732 g/mol. The topological polar surface area (TPSA) is 90.6 Å². The van der Waals surface area contributed by atoms with Crippen LogP contribution in [0.25, 0.3) is 0 Å². The highest BCUT2D eigenvalue weighted by Gasteiger charge is 2.73. The number of hydrogen-bond donors (Lipinski definition) is 0. The minimum Gasteiger partial charge on any atom is -0.619 e. The van der Waals surface area contributed by atoms with Gasteiger partial charge in [0.2, 0.25) is 5.91 Å². The van der Waals surface area contributed by atoms with E-state index in [0.29, 0.717) is 46.7 Å². The fourth-order valence-corrected chi connectivity index (χ4v) is 7.96. The van der Waals surface area contributed by atoms with Crippen molar-refractivity contribution < 1.29 is 62.2 Å². The minimum atomic E-state index is -6.24. The molecule has 0 saturated carbocycles. The molecule has 4 aromatic rings. The highest BCUT2D eigenvalue weighted by molar-refractivity contribution is 7.92. The number of benzene rings is 3. The summed E-state index contributed by atoms with van der Waals surface area (Å²) in [5.41, 5.74) is -7.78. The van der Waals surface area contributed by atoms with Crippen LogP contribution in [0, 0.1) is 22.7 Å². The van der Waals surface area contributed by atoms with E-state index >= 15 is 0 Å². The molecule has 0 aliphatic carbocycles. The molecule has 1 fully saturated rings. The molecule has 17 heteroatoms. The van der Waals surface area contributed by atoms with Crippen LogP contribution < -0.4 is 4.73 Å². The third-order valence-electron chi connectivity index (χ3n) is 8.56. The lowest BCUT2D eigenvalue weighted by Gasteiger charge is -2.38. The van der Waals surface area contributed by atoms with Gasteiger partial charge in [-0.2, -0.15) is 31.1 Å². The van der Waals surface area contributed by atoms with Crippen molar-refractivity contribution in [2.45, 2.75) is 47.0 Å². The van der Waals surface area contributed by atoms with Gasteiger partial charge in [-0.3, -0.25) is 4.79 Å². The van der Waals surface area contributed by atoms with Gasteiger partial charge in [-0.05, 0) is 53.9 Å². The van der Waals surface area contributed by atoms with Gasteiger partial charge in [0.15, 0.2) is 22.2 Å². The summed E-state index contributed by atoms with van der Waals surface area (Å²) >= 11 is 0. The summed E-state index contributed by atoms with van der Waals surface area (Å²) in [5, 5.41) is 11.4. The first-order valence-corrected chi connectivity index (χ1v) is 16.1. The molecule has 0 unspecified atom stereocenters. The number of pyridine rings is 1. The summed E-state index contributed by atoms with van der Waals surface area (Å²) in [5.74, 6) is -4.29. The zero-order chi connectivity index (χ0) is 36.7. The van der Waals surface area contributed by atoms with E-state index in [-0.39, 0.29) is 24.9 Å². The minimum absolute atomic E-state index is 0.207. The third-order valence-corrected chi connectivity index (χ3v) is 11.1. The fraction of sp³-hybridized carbons (Fsp3) is 0.273. The normalized spacial score (nSPS) is 17.3. The molecule has 1 amide bonds. The molecule has 7 nitrogen and oxygen atoms in total. The van der Waals surface area contributed by atoms with Crippen LogP contribution in [-0.4, -0.2) is 44.7 Å². The smallest absolute Gasteiger partial charge is 0.430 e. The SMILES string of the molecule is O=C(Cc1cc[n+]([O-])cc1)N1CC[C@](c2ccc(C(OCc3c(F)cccc3F)(C(F)(F)F)C(F)(F)F)cc2)(S(=O)(=O)c2ccc(F)cc2)C1. The van der Waals surface area contributed by atoms with Crippen LogP contribution in [0.5, 0.6) is 0 Å². The van der Waals surface area contributed by atoms with Crippen molar-refractivity contribution in [2.75, 3.05) is 13.1 Å². The van der Waals surface area contributed by atoms with Gasteiger partial charge in [0.05, 0.1) is 17.9 Å². The molecule has 1 aliphatic heterocycles. The number of nitrogens with zero attached hydrogens (tertiary/aromatic N) is 2. The predicted molar refractivity (Wildman–Crippen MR) is 157 cm³/mol. The summed E-state index contributed by atoms with van der Waals surface area (Å²) in [6.07, 6.45) is -10.9. The lowest BCUT2D eigenvalue weighted by Crippen LogP contribution is -2.56. The lowest BCUT2D eigenvalue weighted by molar-refractivity contribution is -0.605. The summed E-state index contributed by atoms with van der Waals surface area (Å²) in [4.78, 5) is 14.0. The zero-order valence-electron chi connectivity index (χ0n) is 25.4. The molecule has 1 aromatic heterocycles. The number of sulfone groups is 1. The Labute approximate surface area is 279 Å². The van der Waals surface area contributed by atoms with Gasteiger partial charge < -0.3 is 14.8 Å². The summed E-state index contributed by atoms with van der Waals surface area (Å²) < 4.78 is 160. The van der Waals surface area contributed by atoms with E-state index < -0.39 is 85.1 Å². The number of hydrogen-bond acceptors (Lipinski definition) is 5. The quantitative estimate of drug-likeness (QED) is 0.0859. The van der Waals surface area contributed by atoms with Crippen molar-refractivity contribution in [1.82, 2.24) is 4.90 Å². The van der Waals surface area contributed by atoms with Gasteiger partial charge in [0.1, 0.15) is 22.2 Å². The van der Waals surface area contributed by atoms with Crippen molar-refractivity contribution >= 4 is 15.7 Å². The Bertz CT molecular complexity index is 1940. The van der Waals surface area contributed by atoms with E-state index in [1.54, 1.807) is 0 Å². The molecule has 1 saturated heterocycles. The predicted octanol–water partition coefficient (Wildman–Crippen LogP) is 6.42. The number of aromatic nitrogens is 1. The second-order valence-corrected chi connectivity index (χ2v) is 13.8. The average molecular weight is 733 g/mol. The van der Waals surface area contributed by atoms with E-state index in [4.69, 9.17) is 0 Å². The van der Waals surface area contributed by atoms with Crippen LogP contribution in [0.1, 0.15) is 28.7 Å². The Morgan fingerprint density at radius 3 is 1.94 bits per heavy atom. The number of amides is 1. The van der Waals surface area contributed by atoms with Crippen molar-refractivity contribution in [1.29, 1.82) is 0 Å². The number of ether oxygens (including phenoxy) is 1. The molecule has 50 heavy (non-hydrogen) atoms. The number of alkyl halides is 6. The van der Waals surface area contributed by atoms with Gasteiger partial charge in [-0.1, -0.05) is 30.3 Å².